The van der Waals surface area contributed by atoms with Gasteiger partial charge in [0.05, 0.1) is 18.6 Å². The number of nitrogens with zero attached hydrogens (tertiary/aromatic N) is 2. The molecule has 0 spiro atoms. The first-order valence-corrected chi connectivity index (χ1v) is 11.3. The molecule has 3 aliphatic rings. The smallest absolute Gasteiger partial charge is 0.131 e. The molecule has 0 radical (unpaired) electrons. The minimum absolute atomic E-state index is 0.180. The first-order valence-electron chi connectivity index (χ1n) is 11.3. The van der Waals surface area contributed by atoms with Gasteiger partial charge in [0, 0.05) is 35.9 Å². The molecule has 4 heterocycles. The van der Waals surface area contributed by atoms with E-state index in [-0.39, 0.29) is 6.04 Å². The van der Waals surface area contributed by atoms with Crippen molar-refractivity contribution in [3.05, 3.63) is 96.7 Å². The Bertz CT molecular complexity index is 1100. The lowest BCUT2D eigenvalue weighted by molar-refractivity contribution is -0.984. The zero-order valence-corrected chi connectivity index (χ0v) is 18.0. The van der Waals surface area contributed by atoms with Gasteiger partial charge in [0.25, 0.3) is 0 Å². The fourth-order valence-electron chi connectivity index (χ4n) is 6.09. The predicted molar refractivity (Wildman–Crippen MR) is 127 cm³/mol. The first-order chi connectivity index (χ1) is 15.1. The molecule has 158 valence electrons. The van der Waals surface area contributed by atoms with Crippen LogP contribution in [-0.2, 0) is 6.54 Å². The topological polar surface area (TPSA) is 33.1 Å². The Morgan fingerprint density at radius 2 is 1.90 bits per heavy atom. The second kappa shape index (κ2) is 8.07. The lowest BCUT2D eigenvalue weighted by Gasteiger charge is -2.58. The van der Waals surface area contributed by atoms with Crippen LogP contribution in [0.1, 0.15) is 35.6 Å². The molecule has 1 N–H and O–H groups in total. The van der Waals surface area contributed by atoms with Crippen LogP contribution in [0.3, 0.4) is 0 Å². The number of rotatable bonds is 6. The molecule has 3 nitrogen and oxygen atoms in total. The quantitative estimate of drug-likeness (QED) is 0.428. The standard InChI is InChI=1S/C28H31N2O/c1-3-20-9-11-21(12-10-20)18-30-16-14-23(22(4-2)19-30)17-27(30)28(31)25-13-15-29-26-8-6-5-7-24(25)26/h3-13,15,22-23,27-28,31H,1-2,14,16-19H2/q+1/t22-,23-,27+,28-,30+/m0/s1. The van der Waals surface area contributed by atoms with Gasteiger partial charge in [-0.2, -0.15) is 0 Å². The normalized spacial score (nSPS) is 28.4. The summed E-state index contributed by atoms with van der Waals surface area (Å²) in [6, 6.07) is 19.1. The number of para-hydroxylation sites is 1. The number of hydrogen-bond donors (Lipinski definition) is 1. The van der Waals surface area contributed by atoms with E-state index in [1.807, 2.05) is 36.5 Å². The van der Waals surface area contributed by atoms with Gasteiger partial charge in [-0.25, -0.2) is 0 Å². The van der Waals surface area contributed by atoms with Crippen LogP contribution >= 0.6 is 0 Å². The second-order valence-electron chi connectivity index (χ2n) is 9.34. The van der Waals surface area contributed by atoms with E-state index in [1.165, 1.54) is 12.0 Å². The van der Waals surface area contributed by atoms with Crippen LogP contribution in [0, 0.1) is 11.8 Å². The summed E-state index contributed by atoms with van der Waals surface area (Å²) in [5.74, 6) is 1.15. The molecule has 0 unspecified atom stereocenters. The summed E-state index contributed by atoms with van der Waals surface area (Å²) in [4.78, 5) is 4.51. The van der Waals surface area contributed by atoms with Crippen molar-refractivity contribution in [1.82, 2.24) is 4.98 Å². The highest BCUT2D eigenvalue weighted by atomic mass is 16.3. The number of pyridine rings is 1. The van der Waals surface area contributed by atoms with E-state index in [0.717, 1.165) is 52.6 Å². The molecule has 0 aliphatic carbocycles. The summed E-state index contributed by atoms with van der Waals surface area (Å²) in [6.45, 7) is 11.1. The van der Waals surface area contributed by atoms with Gasteiger partial charge in [0.2, 0.25) is 0 Å². The van der Waals surface area contributed by atoms with Crippen molar-refractivity contribution in [1.29, 1.82) is 0 Å². The number of aliphatic hydroxyl groups excluding tert-OH is 1. The summed E-state index contributed by atoms with van der Waals surface area (Å²) in [6.07, 6.45) is 7.62. The predicted octanol–water partition coefficient (Wildman–Crippen LogP) is 5.52. The van der Waals surface area contributed by atoms with Crippen molar-refractivity contribution in [2.45, 2.75) is 31.5 Å². The molecule has 3 aliphatic heterocycles. The Morgan fingerprint density at radius 3 is 2.68 bits per heavy atom. The van der Waals surface area contributed by atoms with Gasteiger partial charge in [-0.1, -0.05) is 61.2 Å². The summed E-state index contributed by atoms with van der Waals surface area (Å²) >= 11 is 0. The number of hydrogen-bond acceptors (Lipinski definition) is 2. The van der Waals surface area contributed by atoms with Gasteiger partial charge in [-0.05, 0) is 29.2 Å². The van der Waals surface area contributed by atoms with Crippen LogP contribution in [0.15, 0.2) is 80.0 Å². The minimum atomic E-state index is -0.506. The number of aliphatic hydroxyl groups is 1. The van der Waals surface area contributed by atoms with Crippen LogP contribution in [0.5, 0.6) is 0 Å². The summed E-state index contributed by atoms with van der Waals surface area (Å²) < 4.78 is 0.929. The molecule has 2 bridgehead atoms. The highest BCUT2D eigenvalue weighted by molar-refractivity contribution is 5.82. The fraction of sp³-hybridized carbons (Fsp3) is 0.321. The number of quaternary nitrogens is 1. The average molecular weight is 412 g/mol. The number of benzene rings is 2. The first kappa shape index (κ1) is 20.2. The molecule has 3 saturated heterocycles. The highest BCUT2D eigenvalue weighted by Gasteiger charge is 2.53. The van der Waals surface area contributed by atoms with E-state index < -0.39 is 6.10 Å². The maximum atomic E-state index is 11.8. The Kier molecular flexibility index (Phi) is 5.25. The monoisotopic (exact) mass is 411 g/mol. The third-order valence-corrected chi connectivity index (χ3v) is 7.75. The molecule has 3 heteroatoms. The van der Waals surface area contributed by atoms with Crippen molar-refractivity contribution < 1.29 is 9.59 Å². The summed E-state index contributed by atoms with van der Waals surface area (Å²) in [7, 11) is 0. The zero-order valence-electron chi connectivity index (χ0n) is 18.0. The molecule has 0 amide bonds. The number of aromatic nitrogens is 1. The van der Waals surface area contributed by atoms with E-state index in [4.69, 9.17) is 0 Å². The van der Waals surface area contributed by atoms with Crippen LogP contribution in [0.4, 0.5) is 0 Å². The molecule has 0 saturated carbocycles. The molecule has 3 aromatic rings. The van der Waals surface area contributed by atoms with Gasteiger partial charge < -0.3 is 9.59 Å². The minimum Gasteiger partial charge on any atom is -0.382 e. The molecular formula is C28H31N2O+. The van der Waals surface area contributed by atoms with Crippen molar-refractivity contribution >= 4 is 17.0 Å². The molecule has 2 aromatic carbocycles. The highest BCUT2D eigenvalue weighted by Crippen LogP contribution is 2.48. The molecular weight excluding hydrogens is 380 g/mol. The van der Waals surface area contributed by atoms with Crippen molar-refractivity contribution in [3.63, 3.8) is 0 Å². The fourth-order valence-corrected chi connectivity index (χ4v) is 6.09. The van der Waals surface area contributed by atoms with Crippen molar-refractivity contribution in [3.8, 4) is 0 Å². The second-order valence-corrected chi connectivity index (χ2v) is 9.34. The largest absolute Gasteiger partial charge is 0.382 e. The van der Waals surface area contributed by atoms with Gasteiger partial charge >= 0.3 is 0 Å². The number of piperidine rings is 3. The Morgan fingerprint density at radius 1 is 1.10 bits per heavy atom. The third kappa shape index (κ3) is 3.52. The van der Waals surface area contributed by atoms with Gasteiger partial charge in [0.15, 0.2) is 0 Å². The molecule has 31 heavy (non-hydrogen) atoms. The van der Waals surface area contributed by atoms with E-state index in [9.17, 15) is 5.11 Å². The Labute approximate surface area is 185 Å². The molecule has 3 fully saturated rings. The Hall–Kier alpha value is -2.75. The van der Waals surface area contributed by atoms with Gasteiger partial charge in [-0.15, -0.1) is 6.58 Å². The molecule has 1 aromatic heterocycles. The van der Waals surface area contributed by atoms with E-state index in [2.05, 4.69) is 54.5 Å². The molecule has 5 atom stereocenters. The average Bonchev–Trinajstić information content (AvgIpc) is 2.83. The van der Waals surface area contributed by atoms with Crippen molar-refractivity contribution in [2.24, 2.45) is 11.8 Å². The molecule has 6 rings (SSSR count). The van der Waals surface area contributed by atoms with Crippen LogP contribution in [0.25, 0.3) is 17.0 Å². The summed E-state index contributed by atoms with van der Waals surface area (Å²) in [5.41, 5.74) is 4.43. The van der Waals surface area contributed by atoms with Gasteiger partial charge in [-0.3, -0.25) is 4.98 Å². The van der Waals surface area contributed by atoms with Crippen LogP contribution in [0.2, 0.25) is 0 Å². The van der Waals surface area contributed by atoms with Crippen LogP contribution in [-0.4, -0.2) is 33.7 Å². The Balaban J connectivity index is 1.53. The third-order valence-electron chi connectivity index (χ3n) is 7.75. The number of fused-ring (bicyclic) bond motifs is 4. The van der Waals surface area contributed by atoms with Crippen LogP contribution < -0.4 is 0 Å². The van der Waals surface area contributed by atoms with E-state index >= 15 is 0 Å². The van der Waals surface area contributed by atoms with Gasteiger partial charge in [0.1, 0.15) is 18.7 Å². The zero-order chi connectivity index (χ0) is 21.4. The summed E-state index contributed by atoms with van der Waals surface area (Å²) in [5, 5.41) is 12.8. The van der Waals surface area contributed by atoms with E-state index in [1.54, 1.807) is 0 Å². The maximum Gasteiger partial charge on any atom is 0.131 e. The van der Waals surface area contributed by atoms with Crippen molar-refractivity contribution in [2.75, 3.05) is 13.1 Å². The lowest BCUT2D eigenvalue weighted by Crippen LogP contribution is -2.67. The maximum absolute atomic E-state index is 11.8. The lowest BCUT2D eigenvalue weighted by atomic mass is 9.71. The van der Waals surface area contributed by atoms with E-state index in [0.29, 0.717) is 11.8 Å². The SMILES string of the molecule is C=Cc1ccc(C[N@@+]23CC[C@@H](C[C@@H]2[C@@H](O)c2ccnc4ccccc24)[C@@H](C=C)C3)cc1.